The maximum Gasteiger partial charge on any atom is 0.227 e. The lowest BCUT2D eigenvalue weighted by Gasteiger charge is -2.34. The molecular weight excluding hydrogens is 406 g/mol. The van der Waals surface area contributed by atoms with Crippen LogP contribution < -0.4 is 10.6 Å². The molecule has 0 saturated carbocycles. The molecule has 0 aromatic heterocycles. The van der Waals surface area contributed by atoms with Gasteiger partial charge < -0.3 is 15.5 Å². The molecule has 1 aromatic rings. The summed E-state index contributed by atoms with van der Waals surface area (Å²) < 4.78 is 0.991. The minimum atomic E-state index is -0.00859. The quantitative estimate of drug-likeness (QED) is 0.775. The molecule has 138 valence electrons. The van der Waals surface area contributed by atoms with Crippen molar-refractivity contribution < 1.29 is 9.59 Å². The Morgan fingerprint density at radius 3 is 2.20 bits per heavy atom. The number of nitrogens with one attached hydrogen (secondary N) is 2. The minimum absolute atomic E-state index is 0. The Labute approximate surface area is 163 Å². The smallest absolute Gasteiger partial charge is 0.227 e. The summed E-state index contributed by atoms with van der Waals surface area (Å²) in [6.45, 7) is 3.26. The van der Waals surface area contributed by atoms with Gasteiger partial charge in [0.15, 0.2) is 0 Å². The lowest BCUT2D eigenvalue weighted by Crippen LogP contribution is -2.46. The van der Waals surface area contributed by atoms with Crippen molar-refractivity contribution in [2.45, 2.75) is 25.7 Å². The maximum absolute atomic E-state index is 12.5. The summed E-state index contributed by atoms with van der Waals surface area (Å²) in [6.07, 6.45) is 3.36. The molecule has 2 heterocycles. The van der Waals surface area contributed by atoms with Gasteiger partial charge in [0.25, 0.3) is 0 Å². The monoisotopic (exact) mass is 429 g/mol. The van der Waals surface area contributed by atoms with Gasteiger partial charge in [-0.15, -0.1) is 12.4 Å². The van der Waals surface area contributed by atoms with E-state index in [4.69, 9.17) is 0 Å². The number of amides is 2. The van der Waals surface area contributed by atoms with E-state index < -0.39 is 0 Å². The molecule has 0 atom stereocenters. The van der Waals surface area contributed by atoms with Crippen LogP contribution in [0.25, 0.3) is 0 Å². The van der Waals surface area contributed by atoms with Crippen LogP contribution in [0.15, 0.2) is 28.7 Å². The van der Waals surface area contributed by atoms with Gasteiger partial charge in [0.2, 0.25) is 11.8 Å². The Hall–Kier alpha value is -1.11. The molecule has 0 bridgehead atoms. The van der Waals surface area contributed by atoms with Gasteiger partial charge in [0.05, 0.1) is 0 Å². The molecule has 3 rings (SSSR count). The van der Waals surface area contributed by atoms with Crippen molar-refractivity contribution in [2.75, 3.05) is 31.5 Å². The van der Waals surface area contributed by atoms with Crippen LogP contribution in [0.3, 0.4) is 0 Å². The van der Waals surface area contributed by atoms with Crippen molar-refractivity contribution in [1.82, 2.24) is 10.2 Å². The summed E-state index contributed by atoms with van der Waals surface area (Å²) in [5.74, 6) is 0.500. The number of nitrogens with zero attached hydrogens (tertiary/aromatic N) is 1. The zero-order chi connectivity index (χ0) is 16.9. The van der Waals surface area contributed by atoms with Gasteiger partial charge in [0.1, 0.15) is 0 Å². The molecule has 0 spiro atoms. The fraction of sp³-hybridized carbons (Fsp3) is 0.556. The Morgan fingerprint density at radius 1 is 1.00 bits per heavy atom. The first-order chi connectivity index (χ1) is 11.6. The number of carbonyl (C=O) groups excluding carboxylic acids is 2. The van der Waals surface area contributed by atoms with E-state index in [2.05, 4.69) is 26.6 Å². The third-order valence-electron chi connectivity index (χ3n) is 4.98. The largest absolute Gasteiger partial charge is 0.342 e. The van der Waals surface area contributed by atoms with Crippen molar-refractivity contribution in [1.29, 1.82) is 0 Å². The molecule has 25 heavy (non-hydrogen) atoms. The predicted molar refractivity (Wildman–Crippen MR) is 105 cm³/mol. The highest BCUT2D eigenvalue weighted by Gasteiger charge is 2.31. The number of carbonyl (C=O) groups is 2. The molecule has 2 aliphatic heterocycles. The molecule has 0 radical (unpaired) electrons. The second-order valence-corrected chi connectivity index (χ2v) is 7.54. The summed E-state index contributed by atoms with van der Waals surface area (Å²) in [5.41, 5.74) is 0.816. The Bertz CT molecular complexity index is 582. The van der Waals surface area contributed by atoms with Crippen LogP contribution in [-0.4, -0.2) is 42.9 Å². The zero-order valence-electron chi connectivity index (χ0n) is 14.2. The van der Waals surface area contributed by atoms with Crippen LogP contribution in [-0.2, 0) is 9.59 Å². The molecule has 5 nitrogen and oxygen atoms in total. The summed E-state index contributed by atoms with van der Waals surface area (Å²) in [5, 5.41) is 6.27. The highest BCUT2D eigenvalue weighted by molar-refractivity contribution is 9.10. The van der Waals surface area contributed by atoms with Gasteiger partial charge in [-0.1, -0.05) is 15.9 Å². The van der Waals surface area contributed by atoms with Crippen molar-refractivity contribution in [3.63, 3.8) is 0 Å². The molecule has 2 saturated heterocycles. The van der Waals surface area contributed by atoms with Gasteiger partial charge in [-0.2, -0.15) is 0 Å². The summed E-state index contributed by atoms with van der Waals surface area (Å²) >= 11 is 3.39. The van der Waals surface area contributed by atoms with Crippen molar-refractivity contribution >= 4 is 45.8 Å². The number of halogens is 2. The SMILES string of the molecule is Cl.O=C(Nc1ccc(Br)cc1)C1CCN(C(=O)C2CCNCC2)CC1. The number of rotatable bonds is 3. The van der Waals surface area contributed by atoms with E-state index in [9.17, 15) is 9.59 Å². The molecule has 2 aliphatic rings. The van der Waals surface area contributed by atoms with E-state index in [1.165, 1.54) is 0 Å². The van der Waals surface area contributed by atoms with Crippen LogP contribution in [0.1, 0.15) is 25.7 Å². The van der Waals surface area contributed by atoms with Crippen LogP contribution in [0, 0.1) is 11.8 Å². The number of hydrogen-bond acceptors (Lipinski definition) is 3. The molecule has 2 amide bonds. The standard InChI is InChI=1S/C18H24BrN3O2.ClH/c19-15-1-3-16(4-2-15)21-17(23)13-7-11-22(12-8-13)18(24)14-5-9-20-10-6-14;/h1-4,13-14,20H,5-12H2,(H,21,23);1H. The number of piperidine rings is 2. The molecule has 0 unspecified atom stereocenters. The third kappa shape index (κ3) is 5.43. The average molecular weight is 431 g/mol. The zero-order valence-corrected chi connectivity index (χ0v) is 16.6. The lowest BCUT2D eigenvalue weighted by molar-refractivity contribution is -0.139. The summed E-state index contributed by atoms with van der Waals surface area (Å²) in [6, 6.07) is 7.60. The Balaban J connectivity index is 0.00000225. The Kier molecular flexibility index (Phi) is 7.72. The maximum atomic E-state index is 12.5. The third-order valence-corrected chi connectivity index (χ3v) is 5.51. The van der Waals surface area contributed by atoms with Gasteiger partial charge in [-0.3, -0.25) is 9.59 Å². The molecular formula is C18H25BrClN3O2. The van der Waals surface area contributed by atoms with Crippen LogP contribution in [0.5, 0.6) is 0 Å². The normalized spacial score (nSPS) is 19.2. The number of likely N-dealkylation sites (tertiary alicyclic amines) is 1. The molecule has 1 aromatic carbocycles. The minimum Gasteiger partial charge on any atom is -0.342 e. The van der Waals surface area contributed by atoms with Crippen molar-refractivity contribution in [3.8, 4) is 0 Å². The van der Waals surface area contributed by atoms with Crippen LogP contribution in [0.4, 0.5) is 5.69 Å². The van der Waals surface area contributed by atoms with E-state index >= 15 is 0 Å². The predicted octanol–water partition coefficient (Wildman–Crippen LogP) is 3.05. The van der Waals surface area contributed by atoms with E-state index in [0.717, 1.165) is 48.9 Å². The van der Waals surface area contributed by atoms with Crippen molar-refractivity contribution in [3.05, 3.63) is 28.7 Å². The first-order valence-corrected chi connectivity index (χ1v) is 9.49. The molecule has 0 aliphatic carbocycles. The van der Waals surface area contributed by atoms with E-state index in [-0.39, 0.29) is 36.1 Å². The first kappa shape index (κ1) is 20.2. The van der Waals surface area contributed by atoms with Gasteiger partial charge in [-0.25, -0.2) is 0 Å². The fourth-order valence-corrected chi connectivity index (χ4v) is 3.73. The highest BCUT2D eigenvalue weighted by Crippen LogP contribution is 2.23. The average Bonchev–Trinajstić information content (AvgIpc) is 2.64. The van der Waals surface area contributed by atoms with Gasteiger partial charge in [0, 0.05) is 35.1 Å². The van der Waals surface area contributed by atoms with E-state index in [1.807, 2.05) is 29.2 Å². The van der Waals surface area contributed by atoms with Gasteiger partial charge >= 0.3 is 0 Å². The number of hydrogen-bond donors (Lipinski definition) is 2. The number of anilines is 1. The lowest BCUT2D eigenvalue weighted by atomic mass is 9.92. The fourth-order valence-electron chi connectivity index (χ4n) is 3.47. The summed E-state index contributed by atoms with van der Waals surface area (Å²) in [4.78, 5) is 26.9. The highest BCUT2D eigenvalue weighted by atomic mass is 79.9. The second-order valence-electron chi connectivity index (χ2n) is 6.62. The molecule has 7 heteroatoms. The first-order valence-electron chi connectivity index (χ1n) is 8.69. The van der Waals surface area contributed by atoms with Crippen molar-refractivity contribution in [2.24, 2.45) is 11.8 Å². The van der Waals surface area contributed by atoms with Crippen LogP contribution in [0.2, 0.25) is 0 Å². The van der Waals surface area contributed by atoms with E-state index in [0.29, 0.717) is 13.1 Å². The topological polar surface area (TPSA) is 61.4 Å². The summed E-state index contributed by atoms with van der Waals surface area (Å²) in [7, 11) is 0. The molecule has 2 fully saturated rings. The molecule has 2 N–H and O–H groups in total. The van der Waals surface area contributed by atoms with E-state index in [1.54, 1.807) is 0 Å². The second kappa shape index (κ2) is 9.55. The van der Waals surface area contributed by atoms with Gasteiger partial charge in [-0.05, 0) is 63.0 Å². The Morgan fingerprint density at radius 2 is 1.60 bits per heavy atom. The van der Waals surface area contributed by atoms with Crippen LogP contribution >= 0.6 is 28.3 Å². The number of benzene rings is 1.